The summed E-state index contributed by atoms with van der Waals surface area (Å²) in [5.74, 6) is 0. The molecule has 1 atom stereocenters. The molecule has 0 saturated carbocycles. The van der Waals surface area contributed by atoms with Crippen molar-refractivity contribution in [1.29, 1.82) is 5.26 Å². The number of nitriles is 1. The molecule has 0 amide bonds. The van der Waals surface area contributed by atoms with Crippen LogP contribution >= 0.6 is 0 Å². The van der Waals surface area contributed by atoms with Gasteiger partial charge in [-0.3, -0.25) is 0 Å². The van der Waals surface area contributed by atoms with Crippen molar-refractivity contribution in [2.75, 3.05) is 6.54 Å². The van der Waals surface area contributed by atoms with Gasteiger partial charge in [-0.1, -0.05) is 12.1 Å². The number of hydrogen-bond acceptors (Lipinski definition) is 2. The zero-order valence-corrected chi connectivity index (χ0v) is 10.1. The van der Waals surface area contributed by atoms with Gasteiger partial charge >= 0.3 is 6.18 Å². The molecule has 0 fully saturated rings. The number of nitrogens with one attached hydrogen (secondary N) is 1. The molecule has 0 unspecified atom stereocenters. The van der Waals surface area contributed by atoms with Gasteiger partial charge in [0.25, 0.3) is 0 Å². The van der Waals surface area contributed by atoms with Crippen LogP contribution in [0.15, 0.2) is 24.3 Å². The van der Waals surface area contributed by atoms with Crippen molar-refractivity contribution in [1.82, 2.24) is 5.32 Å². The molecule has 2 nitrogen and oxygen atoms in total. The maximum atomic E-state index is 12.4. The highest BCUT2D eigenvalue weighted by Gasteiger charge is 2.30. The van der Waals surface area contributed by atoms with E-state index >= 15 is 0 Å². The smallest absolute Gasteiger partial charge is 0.310 e. The first-order chi connectivity index (χ1) is 8.45. The van der Waals surface area contributed by atoms with Gasteiger partial charge in [-0.25, -0.2) is 0 Å². The van der Waals surface area contributed by atoms with Crippen LogP contribution < -0.4 is 5.32 Å². The second-order valence-electron chi connectivity index (χ2n) is 4.06. The van der Waals surface area contributed by atoms with Crippen LogP contribution in [-0.4, -0.2) is 6.54 Å². The Balaban J connectivity index is 2.54. The summed E-state index contributed by atoms with van der Waals surface area (Å²) in [6, 6.07) is 7.14. The lowest BCUT2D eigenvalue weighted by Gasteiger charge is -2.15. The van der Waals surface area contributed by atoms with E-state index in [0.717, 1.165) is 24.1 Å². The second-order valence-corrected chi connectivity index (χ2v) is 4.06. The standard InChI is InChI=1S/C13H15F3N2/c1-10(18-9-3-2-8-17)11-4-6-12(7-5-11)13(14,15)16/h4-7,10,18H,2-3,9H2,1H3/t10-/m0/s1. The molecule has 0 aliphatic heterocycles. The number of benzene rings is 1. The van der Waals surface area contributed by atoms with Crippen LogP contribution in [-0.2, 0) is 6.18 Å². The van der Waals surface area contributed by atoms with Crippen molar-refractivity contribution in [2.45, 2.75) is 32.0 Å². The molecule has 0 radical (unpaired) electrons. The number of hydrogen-bond donors (Lipinski definition) is 1. The van der Waals surface area contributed by atoms with Gasteiger partial charge in [0, 0.05) is 12.5 Å². The Kier molecular flexibility index (Phi) is 5.17. The average molecular weight is 256 g/mol. The quantitative estimate of drug-likeness (QED) is 0.816. The van der Waals surface area contributed by atoms with Crippen molar-refractivity contribution >= 4 is 0 Å². The fourth-order valence-electron chi connectivity index (χ4n) is 1.56. The van der Waals surface area contributed by atoms with E-state index in [1.165, 1.54) is 12.1 Å². The second kappa shape index (κ2) is 6.41. The molecule has 0 bridgehead atoms. The van der Waals surface area contributed by atoms with Gasteiger partial charge in [0.05, 0.1) is 11.6 Å². The summed E-state index contributed by atoms with van der Waals surface area (Å²) in [6.07, 6.45) is -3.07. The van der Waals surface area contributed by atoms with Gasteiger partial charge in [-0.05, 0) is 37.6 Å². The van der Waals surface area contributed by atoms with Gasteiger partial charge < -0.3 is 5.32 Å². The predicted octanol–water partition coefficient (Wildman–Crippen LogP) is 3.66. The molecule has 1 aromatic carbocycles. The molecule has 0 saturated heterocycles. The molecule has 5 heteroatoms. The first-order valence-corrected chi connectivity index (χ1v) is 5.72. The van der Waals surface area contributed by atoms with E-state index in [9.17, 15) is 13.2 Å². The van der Waals surface area contributed by atoms with E-state index < -0.39 is 11.7 Å². The number of unbranched alkanes of at least 4 members (excludes halogenated alkanes) is 1. The van der Waals surface area contributed by atoms with Crippen molar-refractivity contribution in [3.63, 3.8) is 0 Å². The molecule has 18 heavy (non-hydrogen) atoms. The minimum atomic E-state index is -4.29. The maximum absolute atomic E-state index is 12.4. The fraction of sp³-hybridized carbons (Fsp3) is 0.462. The number of nitrogens with zero attached hydrogens (tertiary/aromatic N) is 1. The van der Waals surface area contributed by atoms with Gasteiger partial charge in [-0.2, -0.15) is 18.4 Å². The van der Waals surface area contributed by atoms with Crippen LogP contribution in [0.3, 0.4) is 0 Å². The summed E-state index contributed by atoms with van der Waals surface area (Å²) in [5.41, 5.74) is 0.169. The SMILES string of the molecule is C[C@H](NCCCC#N)c1ccc(C(F)(F)F)cc1. The highest BCUT2D eigenvalue weighted by molar-refractivity contribution is 5.26. The van der Waals surface area contributed by atoms with Crippen molar-refractivity contribution in [2.24, 2.45) is 0 Å². The Labute approximate surface area is 104 Å². The summed E-state index contributed by atoms with van der Waals surface area (Å²) in [5, 5.41) is 11.5. The van der Waals surface area contributed by atoms with Crippen LogP contribution in [0.5, 0.6) is 0 Å². The van der Waals surface area contributed by atoms with Crippen LogP contribution in [0.2, 0.25) is 0 Å². The Morgan fingerprint density at radius 1 is 1.28 bits per heavy atom. The van der Waals surface area contributed by atoms with Crippen LogP contribution in [0.4, 0.5) is 13.2 Å². The molecular weight excluding hydrogens is 241 g/mol. The zero-order chi connectivity index (χ0) is 13.6. The van der Waals surface area contributed by atoms with E-state index in [4.69, 9.17) is 5.26 Å². The predicted molar refractivity (Wildman–Crippen MR) is 62.7 cm³/mol. The lowest BCUT2D eigenvalue weighted by Crippen LogP contribution is -2.19. The molecule has 0 heterocycles. The molecule has 1 rings (SSSR count). The molecule has 0 aromatic heterocycles. The Morgan fingerprint density at radius 3 is 2.39 bits per heavy atom. The average Bonchev–Trinajstić information content (AvgIpc) is 2.33. The maximum Gasteiger partial charge on any atom is 0.416 e. The van der Waals surface area contributed by atoms with E-state index in [2.05, 4.69) is 5.32 Å². The van der Waals surface area contributed by atoms with E-state index in [0.29, 0.717) is 13.0 Å². The molecule has 1 aromatic rings. The van der Waals surface area contributed by atoms with Crippen LogP contribution in [0.25, 0.3) is 0 Å². The largest absolute Gasteiger partial charge is 0.416 e. The summed E-state index contributed by atoms with van der Waals surface area (Å²) < 4.78 is 37.1. The van der Waals surface area contributed by atoms with Gasteiger partial charge in [0.2, 0.25) is 0 Å². The van der Waals surface area contributed by atoms with Crippen LogP contribution in [0, 0.1) is 11.3 Å². The molecule has 1 N–H and O–H groups in total. The van der Waals surface area contributed by atoms with E-state index in [1.807, 2.05) is 13.0 Å². The highest BCUT2D eigenvalue weighted by Crippen LogP contribution is 2.29. The highest BCUT2D eigenvalue weighted by atomic mass is 19.4. The third-order valence-electron chi connectivity index (χ3n) is 2.65. The summed E-state index contributed by atoms with van der Waals surface area (Å²) in [4.78, 5) is 0. The summed E-state index contributed by atoms with van der Waals surface area (Å²) >= 11 is 0. The molecular formula is C13H15F3N2. The van der Waals surface area contributed by atoms with Gasteiger partial charge in [0.15, 0.2) is 0 Å². The topological polar surface area (TPSA) is 35.8 Å². The fourth-order valence-corrected chi connectivity index (χ4v) is 1.56. The minimum absolute atomic E-state index is 0.0222. The van der Waals surface area contributed by atoms with E-state index in [1.54, 1.807) is 0 Å². The van der Waals surface area contributed by atoms with Crippen molar-refractivity contribution in [3.05, 3.63) is 35.4 Å². The molecule has 0 spiro atoms. The normalized spacial score (nSPS) is 13.1. The molecule has 0 aliphatic carbocycles. The Bertz CT molecular complexity index is 404. The number of alkyl halides is 3. The number of halogens is 3. The number of rotatable bonds is 5. The summed E-state index contributed by atoms with van der Waals surface area (Å²) in [6.45, 7) is 2.56. The zero-order valence-electron chi connectivity index (χ0n) is 10.1. The minimum Gasteiger partial charge on any atom is -0.310 e. The lowest BCUT2D eigenvalue weighted by molar-refractivity contribution is -0.137. The first kappa shape index (κ1) is 14.5. The summed E-state index contributed by atoms with van der Waals surface area (Å²) in [7, 11) is 0. The lowest BCUT2D eigenvalue weighted by atomic mass is 10.1. The molecule has 0 aliphatic rings. The monoisotopic (exact) mass is 256 g/mol. The third kappa shape index (κ3) is 4.38. The van der Waals surface area contributed by atoms with Crippen molar-refractivity contribution in [3.8, 4) is 6.07 Å². The van der Waals surface area contributed by atoms with Gasteiger partial charge in [0.1, 0.15) is 0 Å². The first-order valence-electron chi connectivity index (χ1n) is 5.72. The van der Waals surface area contributed by atoms with E-state index in [-0.39, 0.29) is 6.04 Å². The Morgan fingerprint density at radius 2 is 1.89 bits per heavy atom. The van der Waals surface area contributed by atoms with Crippen LogP contribution in [0.1, 0.15) is 36.9 Å². The Hall–Kier alpha value is -1.54. The van der Waals surface area contributed by atoms with Gasteiger partial charge in [-0.15, -0.1) is 0 Å². The third-order valence-corrected chi connectivity index (χ3v) is 2.65. The molecule has 98 valence electrons. The van der Waals surface area contributed by atoms with Crippen molar-refractivity contribution < 1.29 is 13.2 Å².